The molecule has 0 radical (unpaired) electrons. The van der Waals surface area contributed by atoms with Crippen LogP contribution in [0.3, 0.4) is 0 Å². The van der Waals surface area contributed by atoms with Crippen molar-refractivity contribution in [3.63, 3.8) is 0 Å². The van der Waals surface area contributed by atoms with Gasteiger partial charge in [0.05, 0.1) is 12.1 Å². The number of aromatic nitrogens is 1. The van der Waals surface area contributed by atoms with Crippen molar-refractivity contribution in [3.8, 4) is 22.8 Å². The van der Waals surface area contributed by atoms with E-state index in [1.165, 1.54) is 16.7 Å². The summed E-state index contributed by atoms with van der Waals surface area (Å²) < 4.78 is 10.7. The summed E-state index contributed by atoms with van der Waals surface area (Å²) in [7, 11) is 0. The van der Waals surface area contributed by atoms with Crippen molar-refractivity contribution < 1.29 is 14.3 Å². The van der Waals surface area contributed by atoms with E-state index >= 15 is 0 Å². The van der Waals surface area contributed by atoms with Crippen LogP contribution in [0.5, 0.6) is 11.5 Å². The number of hydrogen-bond donors (Lipinski definition) is 1. The van der Waals surface area contributed by atoms with Gasteiger partial charge in [0, 0.05) is 10.9 Å². The third kappa shape index (κ3) is 3.30. The summed E-state index contributed by atoms with van der Waals surface area (Å²) in [6, 6.07) is 19.9. The second-order valence-corrected chi connectivity index (χ2v) is 7.37. The first-order valence-corrected chi connectivity index (χ1v) is 9.76. The highest BCUT2D eigenvalue weighted by Crippen LogP contribution is 2.36. The molecule has 0 bridgehead atoms. The Morgan fingerprint density at radius 3 is 2.79 bits per heavy atom. The van der Waals surface area contributed by atoms with Gasteiger partial charge in [0.2, 0.25) is 12.7 Å². The molecule has 6 heteroatoms. The molecule has 0 aliphatic carbocycles. The Morgan fingerprint density at radius 1 is 1.00 bits per heavy atom. The van der Waals surface area contributed by atoms with Gasteiger partial charge in [0.15, 0.2) is 16.6 Å². The number of nitrogens with one attached hydrogen (secondary N) is 1. The standard InChI is InChI=1S/C22H16N2O3S/c25-21(10-14-5-6-15-3-1-2-4-16(15)9-14)24-22-23-18(12-28-22)17-7-8-19-20(11-17)27-13-26-19/h1-9,11-12H,10,13H2,(H,23,24,25). The van der Waals surface area contributed by atoms with Crippen LogP contribution in [0.2, 0.25) is 0 Å². The summed E-state index contributed by atoms with van der Waals surface area (Å²) >= 11 is 1.40. The number of carbonyl (C=O) groups excluding carboxylic acids is 1. The van der Waals surface area contributed by atoms with E-state index in [0.717, 1.165) is 28.0 Å². The predicted octanol–water partition coefficient (Wildman–Crippen LogP) is 4.87. The van der Waals surface area contributed by atoms with Crippen LogP contribution >= 0.6 is 11.3 Å². The van der Waals surface area contributed by atoms with Crippen molar-refractivity contribution in [3.05, 3.63) is 71.6 Å². The van der Waals surface area contributed by atoms with Crippen LogP contribution in [-0.4, -0.2) is 17.7 Å². The average Bonchev–Trinajstić information content (AvgIpc) is 3.36. The summed E-state index contributed by atoms with van der Waals surface area (Å²) in [5.41, 5.74) is 2.70. The van der Waals surface area contributed by atoms with Gasteiger partial charge in [-0.05, 0) is 34.5 Å². The van der Waals surface area contributed by atoms with Gasteiger partial charge in [-0.15, -0.1) is 11.3 Å². The SMILES string of the molecule is O=C(Cc1ccc2ccccc2c1)Nc1nc(-c2ccc3c(c2)OCO3)cs1. The van der Waals surface area contributed by atoms with E-state index in [-0.39, 0.29) is 12.7 Å². The minimum atomic E-state index is -0.0816. The maximum Gasteiger partial charge on any atom is 0.231 e. The van der Waals surface area contributed by atoms with E-state index in [0.29, 0.717) is 17.3 Å². The number of carbonyl (C=O) groups is 1. The summed E-state index contributed by atoms with van der Waals surface area (Å²) in [5, 5.41) is 7.69. The van der Waals surface area contributed by atoms with Crippen LogP contribution in [-0.2, 0) is 11.2 Å². The number of thiazole rings is 1. The normalized spacial score (nSPS) is 12.3. The largest absolute Gasteiger partial charge is 0.454 e. The number of amides is 1. The second kappa shape index (κ2) is 6.98. The minimum absolute atomic E-state index is 0.0816. The predicted molar refractivity (Wildman–Crippen MR) is 110 cm³/mol. The third-order valence-corrected chi connectivity index (χ3v) is 5.36. The molecule has 1 N–H and O–H groups in total. The molecule has 2 heterocycles. The number of ether oxygens (including phenoxy) is 2. The molecule has 138 valence electrons. The number of rotatable bonds is 4. The van der Waals surface area contributed by atoms with E-state index in [4.69, 9.17) is 9.47 Å². The Labute approximate surface area is 165 Å². The molecule has 1 aliphatic heterocycles. The monoisotopic (exact) mass is 388 g/mol. The van der Waals surface area contributed by atoms with Gasteiger partial charge in [-0.2, -0.15) is 0 Å². The summed E-state index contributed by atoms with van der Waals surface area (Å²) in [6.07, 6.45) is 0.309. The third-order valence-electron chi connectivity index (χ3n) is 4.60. The number of hydrogen-bond acceptors (Lipinski definition) is 5. The van der Waals surface area contributed by atoms with E-state index in [2.05, 4.69) is 28.5 Å². The number of benzene rings is 3. The molecule has 0 saturated carbocycles. The number of fused-ring (bicyclic) bond motifs is 2. The molecular weight excluding hydrogens is 372 g/mol. The van der Waals surface area contributed by atoms with Crippen LogP contribution in [0.25, 0.3) is 22.0 Å². The quantitative estimate of drug-likeness (QED) is 0.542. The zero-order valence-electron chi connectivity index (χ0n) is 14.8. The van der Waals surface area contributed by atoms with Gasteiger partial charge in [0.1, 0.15) is 0 Å². The lowest BCUT2D eigenvalue weighted by molar-refractivity contribution is -0.115. The van der Waals surface area contributed by atoms with E-state index in [9.17, 15) is 4.79 Å². The van der Waals surface area contributed by atoms with E-state index in [1.807, 2.05) is 47.8 Å². The molecule has 0 atom stereocenters. The van der Waals surface area contributed by atoms with E-state index < -0.39 is 0 Å². The average molecular weight is 388 g/mol. The summed E-state index contributed by atoms with van der Waals surface area (Å²) in [6.45, 7) is 0.242. The van der Waals surface area contributed by atoms with Crippen LogP contribution in [0, 0.1) is 0 Å². The molecular formula is C22H16N2O3S. The molecule has 0 fully saturated rings. The van der Waals surface area contributed by atoms with Gasteiger partial charge in [-0.25, -0.2) is 4.98 Å². The molecule has 0 spiro atoms. The van der Waals surface area contributed by atoms with E-state index in [1.54, 1.807) is 0 Å². The smallest absolute Gasteiger partial charge is 0.231 e. The fourth-order valence-electron chi connectivity index (χ4n) is 3.22. The second-order valence-electron chi connectivity index (χ2n) is 6.51. The molecule has 5 nitrogen and oxygen atoms in total. The van der Waals surface area contributed by atoms with Crippen molar-refractivity contribution in [2.45, 2.75) is 6.42 Å². The number of nitrogens with zero attached hydrogens (tertiary/aromatic N) is 1. The van der Waals surface area contributed by atoms with Gasteiger partial charge in [-0.3, -0.25) is 4.79 Å². The molecule has 0 saturated heterocycles. The van der Waals surface area contributed by atoms with Crippen molar-refractivity contribution >= 4 is 33.1 Å². The Hall–Kier alpha value is -3.38. The zero-order valence-corrected chi connectivity index (χ0v) is 15.7. The van der Waals surface area contributed by atoms with Crippen molar-refractivity contribution in [1.29, 1.82) is 0 Å². The summed E-state index contributed by atoms with van der Waals surface area (Å²) in [4.78, 5) is 17.0. The molecule has 4 aromatic rings. The first kappa shape index (κ1) is 16.8. The molecule has 1 aromatic heterocycles. The van der Waals surface area contributed by atoms with Gasteiger partial charge < -0.3 is 14.8 Å². The highest BCUT2D eigenvalue weighted by molar-refractivity contribution is 7.14. The fourth-order valence-corrected chi connectivity index (χ4v) is 3.95. The highest BCUT2D eigenvalue weighted by atomic mass is 32.1. The topological polar surface area (TPSA) is 60.5 Å². The molecule has 1 amide bonds. The maximum atomic E-state index is 12.4. The Balaban J connectivity index is 1.29. The lowest BCUT2D eigenvalue weighted by atomic mass is 10.1. The first-order chi connectivity index (χ1) is 13.7. The molecule has 5 rings (SSSR count). The van der Waals surface area contributed by atoms with Crippen LogP contribution in [0.4, 0.5) is 5.13 Å². The van der Waals surface area contributed by atoms with Crippen LogP contribution in [0.1, 0.15) is 5.56 Å². The molecule has 1 aliphatic rings. The highest BCUT2D eigenvalue weighted by Gasteiger charge is 2.15. The van der Waals surface area contributed by atoms with Crippen molar-refractivity contribution in [2.24, 2.45) is 0 Å². The molecule has 0 unspecified atom stereocenters. The van der Waals surface area contributed by atoms with Crippen molar-refractivity contribution in [2.75, 3.05) is 12.1 Å². The molecule has 28 heavy (non-hydrogen) atoms. The van der Waals surface area contributed by atoms with Gasteiger partial charge >= 0.3 is 0 Å². The first-order valence-electron chi connectivity index (χ1n) is 8.88. The lowest BCUT2D eigenvalue weighted by Crippen LogP contribution is -2.14. The van der Waals surface area contributed by atoms with Gasteiger partial charge in [0.25, 0.3) is 0 Å². The Bertz CT molecular complexity index is 1190. The summed E-state index contributed by atoms with van der Waals surface area (Å²) in [5.74, 6) is 1.37. The maximum absolute atomic E-state index is 12.4. The lowest BCUT2D eigenvalue weighted by Gasteiger charge is -2.04. The van der Waals surface area contributed by atoms with Crippen LogP contribution in [0.15, 0.2) is 66.0 Å². The van der Waals surface area contributed by atoms with Crippen LogP contribution < -0.4 is 14.8 Å². The molecule has 3 aromatic carbocycles. The minimum Gasteiger partial charge on any atom is -0.454 e. The van der Waals surface area contributed by atoms with Crippen molar-refractivity contribution in [1.82, 2.24) is 4.98 Å². The Morgan fingerprint density at radius 2 is 1.86 bits per heavy atom. The zero-order chi connectivity index (χ0) is 18.9. The number of anilines is 1. The fraction of sp³-hybridized carbons (Fsp3) is 0.0909. The Kier molecular flexibility index (Phi) is 4.18. The van der Waals surface area contributed by atoms with Gasteiger partial charge in [-0.1, -0.05) is 42.5 Å².